The maximum atomic E-state index is 11.8. The molecule has 2 rings (SSSR count). The first-order chi connectivity index (χ1) is 9.15. The van der Waals surface area contributed by atoms with Crippen molar-refractivity contribution in [1.29, 1.82) is 0 Å². The van der Waals surface area contributed by atoms with Crippen LogP contribution in [0.3, 0.4) is 0 Å². The summed E-state index contributed by atoms with van der Waals surface area (Å²) in [7, 11) is 0. The average molecular weight is 280 g/mol. The molecule has 1 fully saturated rings. The molecule has 3 N–H and O–H groups in total. The lowest BCUT2D eigenvalue weighted by Gasteiger charge is -2.13. The maximum Gasteiger partial charge on any atom is 0.225 e. The molecule has 1 amide bonds. The number of anilines is 2. The Kier molecular flexibility index (Phi) is 5.10. The molecular formula is C14H20N2O2S. The zero-order valence-corrected chi connectivity index (χ0v) is 11.9. The molecule has 0 aromatic heterocycles. The van der Waals surface area contributed by atoms with E-state index in [0.717, 1.165) is 24.5 Å². The average Bonchev–Trinajstić information content (AvgIpc) is 2.75. The predicted molar refractivity (Wildman–Crippen MR) is 80.4 cm³/mol. The molecule has 1 aliphatic heterocycles. The number of hydrogen-bond donors (Lipinski definition) is 2. The van der Waals surface area contributed by atoms with Gasteiger partial charge >= 0.3 is 0 Å². The van der Waals surface area contributed by atoms with Crippen LogP contribution in [0.4, 0.5) is 11.4 Å². The Hall–Kier alpha value is -1.20. The molecule has 0 aliphatic carbocycles. The van der Waals surface area contributed by atoms with Gasteiger partial charge in [0.2, 0.25) is 5.91 Å². The molecule has 5 heteroatoms. The molecule has 2 unspecified atom stereocenters. The number of carbonyl (C=O) groups excluding carboxylic acids is 1. The lowest BCUT2D eigenvalue weighted by molar-refractivity contribution is -0.115. The minimum absolute atomic E-state index is 0.0321. The van der Waals surface area contributed by atoms with Crippen LogP contribution in [0.15, 0.2) is 24.3 Å². The van der Waals surface area contributed by atoms with Crippen molar-refractivity contribution in [3.63, 3.8) is 0 Å². The summed E-state index contributed by atoms with van der Waals surface area (Å²) in [5, 5.41) is 3.38. The summed E-state index contributed by atoms with van der Waals surface area (Å²) in [6.07, 6.45) is 1.91. The van der Waals surface area contributed by atoms with Crippen LogP contribution in [0.1, 0.15) is 19.8 Å². The molecule has 2 atom stereocenters. The second-order valence-corrected chi connectivity index (χ2v) is 6.04. The maximum absolute atomic E-state index is 11.8. The van der Waals surface area contributed by atoms with Crippen LogP contribution < -0.4 is 11.1 Å². The lowest BCUT2D eigenvalue weighted by Crippen LogP contribution is -2.16. The number of nitrogen functional groups attached to an aromatic ring is 1. The van der Waals surface area contributed by atoms with Crippen molar-refractivity contribution in [1.82, 2.24) is 0 Å². The van der Waals surface area contributed by atoms with E-state index >= 15 is 0 Å². The van der Waals surface area contributed by atoms with Gasteiger partial charge in [-0.05, 0) is 31.5 Å². The van der Waals surface area contributed by atoms with Gasteiger partial charge in [-0.15, -0.1) is 0 Å². The minimum atomic E-state index is 0.0321. The van der Waals surface area contributed by atoms with E-state index in [1.165, 1.54) is 0 Å². The first-order valence-electron chi connectivity index (χ1n) is 6.54. The van der Waals surface area contributed by atoms with E-state index in [2.05, 4.69) is 12.2 Å². The van der Waals surface area contributed by atoms with E-state index in [4.69, 9.17) is 10.5 Å². The molecule has 1 aromatic rings. The Morgan fingerprint density at radius 1 is 1.58 bits per heavy atom. The van der Waals surface area contributed by atoms with Crippen LogP contribution in [0, 0.1) is 0 Å². The third kappa shape index (κ3) is 4.44. The fraction of sp³-hybridized carbons (Fsp3) is 0.500. The molecule has 0 saturated carbocycles. The summed E-state index contributed by atoms with van der Waals surface area (Å²) in [6.45, 7) is 2.94. The molecule has 19 heavy (non-hydrogen) atoms. The van der Waals surface area contributed by atoms with E-state index in [9.17, 15) is 4.79 Å². The van der Waals surface area contributed by atoms with E-state index in [1.54, 1.807) is 12.1 Å². The zero-order valence-electron chi connectivity index (χ0n) is 11.1. The fourth-order valence-corrected chi connectivity index (χ4v) is 3.29. The summed E-state index contributed by atoms with van der Waals surface area (Å²) >= 11 is 1.82. The quantitative estimate of drug-likeness (QED) is 0.813. The van der Waals surface area contributed by atoms with Crippen molar-refractivity contribution < 1.29 is 9.53 Å². The molecule has 1 aromatic carbocycles. The van der Waals surface area contributed by atoms with Crippen molar-refractivity contribution in [3.05, 3.63) is 24.3 Å². The molecule has 0 spiro atoms. The predicted octanol–water partition coefficient (Wildman–Crippen LogP) is 2.51. The molecule has 0 bridgehead atoms. The Labute approximate surface area is 118 Å². The van der Waals surface area contributed by atoms with Crippen molar-refractivity contribution in [3.8, 4) is 0 Å². The summed E-state index contributed by atoms with van der Waals surface area (Å²) in [4.78, 5) is 11.8. The van der Waals surface area contributed by atoms with E-state index in [1.807, 2.05) is 23.9 Å². The minimum Gasteiger partial charge on any atom is -0.399 e. The molecule has 1 aliphatic rings. The van der Waals surface area contributed by atoms with Crippen LogP contribution in [0.5, 0.6) is 0 Å². The number of ether oxygens (including phenoxy) is 1. The number of benzene rings is 1. The van der Waals surface area contributed by atoms with Gasteiger partial charge in [0, 0.05) is 35.4 Å². The molecule has 104 valence electrons. The highest BCUT2D eigenvalue weighted by atomic mass is 32.2. The van der Waals surface area contributed by atoms with Gasteiger partial charge in [0.25, 0.3) is 0 Å². The highest BCUT2D eigenvalue weighted by Gasteiger charge is 2.24. The molecule has 4 nitrogen and oxygen atoms in total. The summed E-state index contributed by atoms with van der Waals surface area (Å²) < 4.78 is 5.50. The Morgan fingerprint density at radius 2 is 2.42 bits per heavy atom. The zero-order chi connectivity index (χ0) is 13.7. The normalized spacial score (nSPS) is 22.4. The third-order valence-corrected chi connectivity index (χ3v) is 4.63. The number of nitrogens with two attached hydrogens (primary N) is 1. The van der Waals surface area contributed by atoms with Crippen molar-refractivity contribution in [2.24, 2.45) is 0 Å². The van der Waals surface area contributed by atoms with Gasteiger partial charge in [0.15, 0.2) is 0 Å². The van der Waals surface area contributed by atoms with Crippen molar-refractivity contribution in [2.45, 2.75) is 31.1 Å². The second kappa shape index (κ2) is 6.82. The van der Waals surface area contributed by atoms with Gasteiger partial charge in [-0.2, -0.15) is 11.8 Å². The van der Waals surface area contributed by atoms with Gasteiger partial charge in [0.05, 0.1) is 6.10 Å². The number of nitrogens with one attached hydrogen (secondary N) is 1. The van der Waals surface area contributed by atoms with Crippen LogP contribution in [0.25, 0.3) is 0 Å². The third-order valence-electron chi connectivity index (χ3n) is 3.14. The number of amides is 1. The topological polar surface area (TPSA) is 64.3 Å². The molecular weight excluding hydrogens is 260 g/mol. The number of rotatable bonds is 5. The van der Waals surface area contributed by atoms with E-state index in [-0.39, 0.29) is 5.91 Å². The molecule has 0 radical (unpaired) electrons. The fourth-order valence-electron chi connectivity index (χ4n) is 2.07. The standard InChI is InChI=1S/C14H20N2O2S/c1-10-13(5-7-18-10)19-8-6-14(17)16-12-4-2-3-11(15)9-12/h2-4,9-10,13H,5-8,15H2,1H3,(H,16,17). The smallest absolute Gasteiger partial charge is 0.225 e. The van der Waals surface area contributed by atoms with Crippen LogP contribution in [-0.4, -0.2) is 29.6 Å². The van der Waals surface area contributed by atoms with E-state index < -0.39 is 0 Å². The first kappa shape index (κ1) is 14.2. The number of hydrogen-bond acceptors (Lipinski definition) is 4. The van der Waals surface area contributed by atoms with Gasteiger partial charge in [0.1, 0.15) is 0 Å². The summed E-state index contributed by atoms with van der Waals surface area (Å²) in [5.41, 5.74) is 7.08. The van der Waals surface area contributed by atoms with Crippen LogP contribution in [0.2, 0.25) is 0 Å². The second-order valence-electron chi connectivity index (χ2n) is 4.70. The first-order valence-corrected chi connectivity index (χ1v) is 7.58. The summed E-state index contributed by atoms with van der Waals surface area (Å²) in [5.74, 6) is 0.858. The molecule has 1 heterocycles. The summed E-state index contributed by atoms with van der Waals surface area (Å²) in [6, 6.07) is 7.23. The molecule has 1 saturated heterocycles. The van der Waals surface area contributed by atoms with E-state index in [0.29, 0.717) is 23.5 Å². The Bertz CT molecular complexity index is 439. The van der Waals surface area contributed by atoms with Crippen molar-refractivity contribution in [2.75, 3.05) is 23.4 Å². The Balaban J connectivity index is 1.70. The van der Waals surface area contributed by atoms with Crippen LogP contribution >= 0.6 is 11.8 Å². The van der Waals surface area contributed by atoms with Gasteiger partial charge in [-0.3, -0.25) is 4.79 Å². The SMILES string of the molecule is CC1OCCC1SCCC(=O)Nc1cccc(N)c1. The van der Waals surface area contributed by atoms with Gasteiger partial charge in [-0.1, -0.05) is 6.07 Å². The monoisotopic (exact) mass is 280 g/mol. The lowest BCUT2D eigenvalue weighted by atomic mass is 10.2. The highest BCUT2D eigenvalue weighted by Crippen LogP contribution is 2.26. The van der Waals surface area contributed by atoms with Crippen LogP contribution in [-0.2, 0) is 9.53 Å². The van der Waals surface area contributed by atoms with Gasteiger partial charge < -0.3 is 15.8 Å². The van der Waals surface area contributed by atoms with Crippen molar-refractivity contribution >= 4 is 29.0 Å². The Morgan fingerprint density at radius 3 is 3.11 bits per heavy atom. The largest absolute Gasteiger partial charge is 0.399 e. The number of thioether (sulfide) groups is 1. The highest BCUT2D eigenvalue weighted by molar-refractivity contribution is 7.99. The van der Waals surface area contributed by atoms with Gasteiger partial charge in [-0.25, -0.2) is 0 Å². The number of carbonyl (C=O) groups is 1.